The smallest absolute Gasteiger partial charge is 0.311 e. The number of nitrogens with zero attached hydrogens (tertiary/aromatic N) is 2. The van der Waals surface area contributed by atoms with E-state index in [2.05, 4.69) is 10.3 Å². The Balaban J connectivity index is 2.01. The minimum atomic E-state index is -0.0350. The topological polar surface area (TPSA) is 54.2 Å². The maximum Gasteiger partial charge on any atom is 0.311 e. The third-order valence-electron chi connectivity index (χ3n) is 2.71. The molecular weight excluding hydrogens is 298 g/mol. The van der Waals surface area contributed by atoms with Crippen LogP contribution in [0.25, 0.3) is 0 Å². The van der Waals surface area contributed by atoms with E-state index in [0.29, 0.717) is 23.0 Å². The first-order valence-corrected chi connectivity index (χ1v) is 7.74. The fraction of sp³-hybridized carbons (Fsp3) is 0.308. The van der Waals surface area contributed by atoms with E-state index in [0.717, 1.165) is 11.4 Å². The van der Waals surface area contributed by atoms with Crippen LogP contribution in [0.2, 0.25) is 0 Å². The highest BCUT2D eigenvalue weighted by Gasteiger charge is 2.31. The number of allylic oxidation sites excluding steroid dienone is 1. The Morgan fingerprint density at radius 1 is 1.55 bits per heavy atom. The van der Waals surface area contributed by atoms with Crippen molar-refractivity contribution in [2.75, 3.05) is 19.1 Å². The Kier molecular flexibility index (Phi) is 5.03. The largest absolute Gasteiger partial charge is 0.495 e. The second kappa shape index (κ2) is 6.76. The Morgan fingerprint density at radius 2 is 2.35 bits per heavy atom. The fourth-order valence-electron chi connectivity index (χ4n) is 1.63. The number of ether oxygens (including phenoxy) is 1. The van der Waals surface area contributed by atoms with Gasteiger partial charge in [0.05, 0.1) is 25.6 Å². The summed E-state index contributed by atoms with van der Waals surface area (Å²) in [6.45, 7) is 0. The first-order chi connectivity index (χ1) is 9.65. The van der Waals surface area contributed by atoms with Gasteiger partial charge in [-0.1, -0.05) is 0 Å². The number of thioether (sulfide) groups is 1. The van der Waals surface area contributed by atoms with Crippen LogP contribution >= 0.6 is 23.4 Å². The lowest BCUT2D eigenvalue weighted by molar-refractivity contribution is -0.371. The molecule has 0 unspecified atom stereocenters. The summed E-state index contributed by atoms with van der Waals surface area (Å²) in [4.78, 5) is 15.7. The van der Waals surface area contributed by atoms with Crippen LogP contribution in [-0.2, 0) is 4.79 Å². The first-order valence-electron chi connectivity index (χ1n) is 5.97. The van der Waals surface area contributed by atoms with Gasteiger partial charge >= 0.3 is 5.17 Å². The van der Waals surface area contributed by atoms with Crippen molar-refractivity contribution in [1.29, 1.82) is 0 Å². The van der Waals surface area contributed by atoms with Crippen molar-refractivity contribution < 1.29 is 14.1 Å². The lowest BCUT2D eigenvalue weighted by Crippen LogP contribution is -2.34. The van der Waals surface area contributed by atoms with Gasteiger partial charge in [-0.15, -0.1) is 4.58 Å². The van der Waals surface area contributed by atoms with E-state index in [9.17, 15) is 4.79 Å². The number of carbonyl (C=O) groups is 1. The molecule has 0 saturated carbocycles. The highest BCUT2D eigenvalue weighted by Crippen LogP contribution is 2.24. The van der Waals surface area contributed by atoms with E-state index < -0.39 is 0 Å². The number of amides is 1. The third kappa shape index (κ3) is 3.32. The van der Waals surface area contributed by atoms with Gasteiger partial charge in [0.15, 0.2) is 5.70 Å². The van der Waals surface area contributed by atoms with E-state index in [1.165, 1.54) is 0 Å². The van der Waals surface area contributed by atoms with Crippen LogP contribution in [0.3, 0.4) is 0 Å². The Labute approximate surface area is 126 Å². The van der Waals surface area contributed by atoms with Crippen LogP contribution in [0.1, 0.15) is 6.42 Å². The second-order valence-electron chi connectivity index (χ2n) is 4.08. The van der Waals surface area contributed by atoms with Crippen molar-refractivity contribution in [3.63, 3.8) is 0 Å². The molecule has 0 fully saturated rings. The number of nitrogens with one attached hydrogen (secondary N) is 1. The van der Waals surface area contributed by atoms with Crippen LogP contribution in [0, 0.1) is 0 Å². The lowest BCUT2D eigenvalue weighted by atomic mass is 10.3. The van der Waals surface area contributed by atoms with E-state index in [4.69, 9.17) is 16.3 Å². The molecule has 7 heteroatoms. The third-order valence-corrected chi connectivity index (χ3v) is 3.71. The molecule has 0 bridgehead atoms. The van der Waals surface area contributed by atoms with Gasteiger partial charge in [-0.2, -0.15) is 11.8 Å². The van der Waals surface area contributed by atoms with Gasteiger partial charge < -0.3 is 10.1 Å². The molecule has 106 valence electrons. The molecule has 20 heavy (non-hydrogen) atoms. The predicted molar refractivity (Wildman–Crippen MR) is 80.8 cm³/mol. The summed E-state index contributed by atoms with van der Waals surface area (Å²) in [5.74, 6) is 1.41. The lowest BCUT2D eigenvalue weighted by Gasteiger charge is -2.13. The number of carbonyl (C=O) groups excluding carboxylic acids is 1. The van der Waals surface area contributed by atoms with Gasteiger partial charge in [-0.3, -0.25) is 9.78 Å². The van der Waals surface area contributed by atoms with Crippen LogP contribution in [0.15, 0.2) is 30.4 Å². The molecule has 2 heterocycles. The predicted octanol–water partition coefficient (Wildman–Crippen LogP) is 2.10. The molecule has 0 spiro atoms. The zero-order chi connectivity index (χ0) is 14.5. The van der Waals surface area contributed by atoms with Crippen molar-refractivity contribution in [2.45, 2.75) is 6.42 Å². The quantitative estimate of drug-likeness (QED) is 0.817. The zero-order valence-electron chi connectivity index (χ0n) is 11.2. The average molecular weight is 313 g/mol. The zero-order valence-corrected chi connectivity index (χ0v) is 12.8. The highest BCUT2D eigenvalue weighted by molar-refractivity contribution is 7.98. The number of aromatic nitrogens is 1. The molecule has 0 aromatic carbocycles. The monoisotopic (exact) mass is 312 g/mol. The average Bonchev–Trinajstić information content (AvgIpc) is 2.48. The summed E-state index contributed by atoms with van der Waals surface area (Å²) in [6, 6.07) is 1.82. The Morgan fingerprint density at radius 3 is 3.00 bits per heavy atom. The molecule has 0 atom stereocenters. The maximum atomic E-state index is 11.6. The van der Waals surface area contributed by atoms with E-state index in [1.807, 2.05) is 12.3 Å². The highest BCUT2D eigenvalue weighted by atomic mass is 35.5. The summed E-state index contributed by atoms with van der Waals surface area (Å²) < 4.78 is 6.85. The van der Waals surface area contributed by atoms with Crippen LogP contribution < -0.4 is 10.1 Å². The van der Waals surface area contributed by atoms with Gasteiger partial charge in [0.25, 0.3) is 0 Å². The van der Waals surface area contributed by atoms with Crippen LogP contribution in [-0.4, -0.2) is 39.8 Å². The number of pyridine rings is 1. The molecular formula is C13H15ClN3O2S+. The van der Waals surface area contributed by atoms with Crippen molar-refractivity contribution in [3.05, 3.63) is 30.4 Å². The molecule has 2 rings (SSSR count). The second-order valence-corrected chi connectivity index (χ2v) is 5.42. The van der Waals surface area contributed by atoms with Gasteiger partial charge in [0.2, 0.25) is 17.8 Å². The van der Waals surface area contributed by atoms with E-state index >= 15 is 0 Å². The van der Waals surface area contributed by atoms with E-state index in [-0.39, 0.29) is 5.91 Å². The fourth-order valence-corrected chi connectivity index (χ4v) is 2.26. The SMILES string of the molecule is COc1cncc([N+]2=C(Cl)C(NC(=O)CCSC)=C2)c1. The van der Waals surface area contributed by atoms with Crippen molar-refractivity contribution in [1.82, 2.24) is 10.3 Å². The van der Waals surface area contributed by atoms with Crippen molar-refractivity contribution in [3.8, 4) is 5.75 Å². The van der Waals surface area contributed by atoms with Gasteiger partial charge in [-0.05, 0) is 17.9 Å². The minimum Gasteiger partial charge on any atom is -0.495 e. The number of halogens is 1. The number of rotatable bonds is 6. The minimum absolute atomic E-state index is 0.0350. The molecule has 0 radical (unpaired) electrons. The molecule has 1 amide bonds. The molecule has 1 aliphatic rings. The molecule has 1 aromatic rings. The first kappa shape index (κ1) is 14.9. The summed E-state index contributed by atoms with van der Waals surface area (Å²) in [7, 11) is 1.58. The number of hydrogen-bond donors (Lipinski definition) is 1. The summed E-state index contributed by atoms with van der Waals surface area (Å²) in [5.41, 5.74) is 1.41. The Hall–Kier alpha value is -1.53. The van der Waals surface area contributed by atoms with Gasteiger partial charge in [-0.25, -0.2) is 0 Å². The van der Waals surface area contributed by atoms with Gasteiger partial charge in [0.1, 0.15) is 5.75 Å². The molecule has 0 aliphatic carbocycles. The molecule has 5 nitrogen and oxygen atoms in total. The molecule has 1 aliphatic heterocycles. The summed E-state index contributed by atoms with van der Waals surface area (Å²) >= 11 is 7.81. The summed E-state index contributed by atoms with van der Waals surface area (Å²) in [5, 5.41) is 3.25. The molecule has 1 aromatic heterocycles. The Bertz CT molecular complexity index is 587. The van der Waals surface area contributed by atoms with Crippen molar-refractivity contribution in [2.24, 2.45) is 0 Å². The van der Waals surface area contributed by atoms with E-state index in [1.54, 1.807) is 42.0 Å². The number of hydrogen-bond acceptors (Lipinski definition) is 4. The molecule has 1 N–H and O–H groups in total. The summed E-state index contributed by atoms with van der Waals surface area (Å²) in [6.07, 6.45) is 7.49. The van der Waals surface area contributed by atoms with Crippen LogP contribution in [0.5, 0.6) is 5.75 Å². The van der Waals surface area contributed by atoms with Crippen molar-refractivity contribution >= 4 is 40.1 Å². The number of methoxy groups -OCH3 is 1. The van der Waals surface area contributed by atoms with Gasteiger partial charge in [0, 0.05) is 12.2 Å². The normalized spacial score (nSPS) is 13.7. The maximum absolute atomic E-state index is 11.6. The van der Waals surface area contributed by atoms with Crippen LogP contribution in [0.4, 0.5) is 5.69 Å². The molecule has 0 saturated heterocycles. The standard InChI is InChI=1S/C13H14ClN3O2S/c1-19-10-5-9(6-15-7-10)17-8-11(13(17)14)16-12(18)3-4-20-2/h5-8H,3-4H2,1-2H3/p+1.